The number of rotatable bonds is 3. The highest BCUT2D eigenvalue weighted by Gasteiger charge is 2.35. The van der Waals surface area contributed by atoms with Gasteiger partial charge in [-0.2, -0.15) is 57.9 Å². The van der Waals surface area contributed by atoms with Crippen LogP contribution in [-0.4, -0.2) is 14.1 Å². The largest absolute Gasteiger partial charge is 0.416 e. The van der Waals surface area contributed by atoms with E-state index in [1.165, 1.54) is 45.7 Å². The van der Waals surface area contributed by atoms with Gasteiger partial charge in [-0.3, -0.25) is 4.98 Å². The summed E-state index contributed by atoms with van der Waals surface area (Å²) < 4.78 is 169. The molecule has 0 amide bonds. The lowest BCUT2D eigenvalue weighted by Gasteiger charge is -2.16. The average molecular weight is 783 g/mol. The SMILES string of the molecule is N#Cc1ccc(-n2c3ccc(C(F)(F)F)cc3c3cc(C(F)(F)F)ccc32)c(-c2cc(-n3c4ccc(C(F)(F)F)cc4c4cc(C(F)(F)F)ccc43)ccn2)c1. The van der Waals surface area contributed by atoms with Crippen LogP contribution in [0.25, 0.3) is 66.2 Å². The molecule has 4 nitrogen and oxygen atoms in total. The van der Waals surface area contributed by atoms with Crippen molar-refractivity contribution < 1.29 is 52.7 Å². The standard InChI is InChI=1S/C40H18F12N4/c41-37(42,43)21-2-7-32-26(14-21)27-15-22(38(44,45)46)3-8-33(27)55(32)25-11-12-54-31(18-25)30-13-20(19-53)1-6-36(30)56-34-9-4-23(39(47,48)49)16-28(34)29-17-24(40(50,51)52)5-10-35(29)56/h1-18H. The monoisotopic (exact) mass is 782 g/mol. The van der Waals surface area contributed by atoms with Crippen molar-refractivity contribution >= 4 is 43.6 Å². The molecule has 3 heterocycles. The highest BCUT2D eigenvalue weighted by atomic mass is 19.4. The molecule has 0 aliphatic heterocycles. The van der Waals surface area contributed by atoms with E-state index in [-0.39, 0.29) is 71.8 Å². The highest BCUT2D eigenvalue weighted by molar-refractivity contribution is 6.11. The summed E-state index contributed by atoms with van der Waals surface area (Å²) in [5.41, 5.74) is -3.26. The molecule has 0 unspecified atom stereocenters. The maximum atomic E-state index is 13.8. The van der Waals surface area contributed by atoms with Crippen LogP contribution in [-0.2, 0) is 24.7 Å². The number of nitriles is 1. The van der Waals surface area contributed by atoms with Gasteiger partial charge in [-0.1, -0.05) is 0 Å². The van der Waals surface area contributed by atoms with Gasteiger partial charge in [0, 0.05) is 39.0 Å². The second-order valence-electron chi connectivity index (χ2n) is 12.8. The van der Waals surface area contributed by atoms with E-state index in [0.717, 1.165) is 72.8 Å². The molecule has 5 aromatic carbocycles. The van der Waals surface area contributed by atoms with Crippen molar-refractivity contribution in [2.75, 3.05) is 0 Å². The summed E-state index contributed by atoms with van der Waals surface area (Å²) in [4.78, 5) is 4.44. The van der Waals surface area contributed by atoms with Crippen LogP contribution in [0.2, 0.25) is 0 Å². The molecule has 0 N–H and O–H groups in total. The van der Waals surface area contributed by atoms with Crippen molar-refractivity contribution in [2.45, 2.75) is 24.7 Å². The minimum absolute atomic E-state index is 0.0813. The summed E-state index contributed by atoms with van der Waals surface area (Å²) in [5, 5.41) is 9.26. The zero-order chi connectivity index (χ0) is 40.1. The fourth-order valence-electron chi connectivity index (χ4n) is 7.00. The Kier molecular flexibility index (Phi) is 7.98. The third kappa shape index (κ3) is 6.03. The number of benzene rings is 5. The number of alkyl halides is 12. The molecule has 0 spiro atoms. The number of halogens is 12. The number of fused-ring (bicyclic) bond motifs is 6. The van der Waals surface area contributed by atoms with Gasteiger partial charge in [0.05, 0.1) is 67.3 Å². The molecule has 3 aromatic heterocycles. The Morgan fingerprint density at radius 3 is 1.21 bits per heavy atom. The molecule has 0 saturated carbocycles. The molecule has 56 heavy (non-hydrogen) atoms. The van der Waals surface area contributed by atoms with Crippen LogP contribution in [0, 0.1) is 11.3 Å². The van der Waals surface area contributed by atoms with Gasteiger partial charge in [0.15, 0.2) is 0 Å². The second kappa shape index (κ2) is 12.3. The third-order valence-corrected chi connectivity index (χ3v) is 9.48. The van der Waals surface area contributed by atoms with Crippen LogP contribution in [0.5, 0.6) is 0 Å². The Morgan fingerprint density at radius 1 is 0.446 bits per heavy atom. The summed E-state index contributed by atoms with van der Waals surface area (Å²) in [6, 6.07) is 19.7. The molecular weight excluding hydrogens is 764 g/mol. The van der Waals surface area contributed by atoms with Crippen LogP contribution in [0.3, 0.4) is 0 Å². The van der Waals surface area contributed by atoms with Gasteiger partial charge in [0.1, 0.15) is 0 Å². The van der Waals surface area contributed by atoms with Crippen LogP contribution < -0.4 is 0 Å². The van der Waals surface area contributed by atoms with Gasteiger partial charge in [-0.25, -0.2) is 0 Å². The molecule has 8 aromatic rings. The van der Waals surface area contributed by atoms with E-state index in [9.17, 15) is 57.9 Å². The Hall–Kier alpha value is -6.50. The molecule has 8 rings (SSSR count). The summed E-state index contributed by atoms with van der Waals surface area (Å²) in [6.07, 6.45) is -18.0. The number of pyridine rings is 1. The summed E-state index contributed by atoms with van der Waals surface area (Å²) in [5.74, 6) is 0. The van der Waals surface area contributed by atoms with Gasteiger partial charge >= 0.3 is 24.7 Å². The van der Waals surface area contributed by atoms with E-state index in [1.807, 2.05) is 6.07 Å². The van der Waals surface area contributed by atoms with Crippen molar-refractivity contribution in [1.29, 1.82) is 5.26 Å². The molecule has 0 radical (unpaired) electrons. The molecule has 0 saturated heterocycles. The Bertz CT molecular complexity index is 2790. The van der Waals surface area contributed by atoms with E-state index in [4.69, 9.17) is 0 Å². The lowest BCUT2D eigenvalue weighted by molar-refractivity contribution is -0.138. The molecule has 0 fully saturated rings. The van der Waals surface area contributed by atoms with Crippen LogP contribution in [0.15, 0.2) is 109 Å². The fourth-order valence-corrected chi connectivity index (χ4v) is 7.00. The number of hydrogen-bond donors (Lipinski definition) is 0. The van der Waals surface area contributed by atoms with E-state index in [1.54, 1.807) is 0 Å². The lowest BCUT2D eigenvalue weighted by atomic mass is 10.0. The Balaban J connectivity index is 1.39. The highest BCUT2D eigenvalue weighted by Crippen LogP contribution is 2.43. The van der Waals surface area contributed by atoms with Gasteiger partial charge in [-0.05, 0) is 103 Å². The normalized spacial score (nSPS) is 13.0. The predicted molar refractivity (Wildman–Crippen MR) is 183 cm³/mol. The maximum Gasteiger partial charge on any atom is 0.416 e. The first-order valence-electron chi connectivity index (χ1n) is 16.2. The number of nitrogens with zero attached hydrogens (tertiary/aromatic N) is 4. The van der Waals surface area contributed by atoms with Crippen molar-refractivity contribution in [3.05, 3.63) is 137 Å². The zero-order valence-corrected chi connectivity index (χ0v) is 27.7. The van der Waals surface area contributed by atoms with E-state index < -0.39 is 47.0 Å². The number of aromatic nitrogens is 3. The molecule has 0 aliphatic carbocycles. The van der Waals surface area contributed by atoms with Gasteiger partial charge in [-0.15, -0.1) is 0 Å². The molecule has 0 aliphatic rings. The van der Waals surface area contributed by atoms with Gasteiger partial charge < -0.3 is 9.13 Å². The van der Waals surface area contributed by atoms with E-state index >= 15 is 0 Å². The first-order valence-corrected chi connectivity index (χ1v) is 16.2. The first-order chi connectivity index (χ1) is 26.2. The van der Waals surface area contributed by atoms with Crippen molar-refractivity contribution in [1.82, 2.24) is 14.1 Å². The molecule has 16 heteroatoms. The second-order valence-corrected chi connectivity index (χ2v) is 12.8. The maximum absolute atomic E-state index is 13.8. The summed E-state index contributed by atoms with van der Waals surface area (Å²) >= 11 is 0. The topological polar surface area (TPSA) is 46.5 Å². The Labute approximate surface area is 306 Å². The van der Waals surface area contributed by atoms with Crippen molar-refractivity contribution in [3.63, 3.8) is 0 Å². The quantitative estimate of drug-likeness (QED) is 0.168. The predicted octanol–water partition coefficient (Wildman–Crippen LogP) is 12.9. The first kappa shape index (κ1) is 36.5. The van der Waals surface area contributed by atoms with Crippen LogP contribution in [0.4, 0.5) is 52.7 Å². The van der Waals surface area contributed by atoms with Gasteiger partial charge in [0.25, 0.3) is 0 Å². The molecule has 282 valence electrons. The minimum atomic E-state index is -4.83. The summed E-state index contributed by atoms with van der Waals surface area (Å²) in [6.45, 7) is 0. The smallest absolute Gasteiger partial charge is 0.309 e. The summed E-state index contributed by atoms with van der Waals surface area (Å²) in [7, 11) is 0. The van der Waals surface area contributed by atoms with Crippen LogP contribution >= 0.6 is 0 Å². The molecule has 0 bridgehead atoms. The lowest BCUT2D eigenvalue weighted by Crippen LogP contribution is -2.05. The van der Waals surface area contributed by atoms with Crippen molar-refractivity contribution in [3.8, 4) is 28.7 Å². The van der Waals surface area contributed by atoms with Crippen LogP contribution in [0.1, 0.15) is 27.8 Å². The minimum Gasteiger partial charge on any atom is -0.309 e. The van der Waals surface area contributed by atoms with Crippen molar-refractivity contribution in [2.24, 2.45) is 0 Å². The third-order valence-electron chi connectivity index (χ3n) is 9.48. The fraction of sp³-hybridized carbons (Fsp3) is 0.100. The van der Waals surface area contributed by atoms with E-state index in [0.29, 0.717) is 0 Å². The zero-order valence-electron chi connectivity index (χ0n) is 27.7. The average Bonchev–Trinajstić information content (AvgIpc) is 3.64. The Morgan fingerprint density at radius 2 is 0.839 bits per heavy atom. The molecule has 0 atom stereocenters. The molecular formula is C40H18F12N4. The van der Waals surface area contributed by atoms with Gasteiger partial charge in [0.2, 0.25) is 0 Å². The van der Waals surface area contributed by atoms with E-state index in [2.05, 4.69) is 4.98 Å². The number of hydrogen-bond acceptors (Lipinski definition) is 2.